The molecule has 1 aromatic rings. The molecule has 0 radical (unpaired) electrons. The third-order valence-electron chi connectivity index (χ3n) is 3.67. The molecule has 0 aliphatic carbocycles. The van der Waals surface area contributed by atoms with Gasteiger partial charge >= 0.3 is 0 Å². The number of rotatable bonds is 2. The molecule has 0 bridgehead atoms. The van der Waals surface area contributed by atoms with E-state index in [0.717, 1.165) is 25.9 Å². The second-order valence-corrected chi connectivity index (χ2v) is 5.59. The fourth-order valence-electron chi connectivity index (χ4n) is 2.75. The maximum absolute atomic E-state index is 12.5. The second kappa shape index (κ2) is 6.70. The van der Waals surface area contributed by atoms with E-state index in [1.165, 1.54) is 5.56 Å². The van der Waals surface area contributed by atoms with E-state index in [4.69, 9.17) is 4.74 Å². The van der Waals surface area contributed by atoms with Gasteiger partial charge in [0.1, 0.15) is 6.10 Å². The molecular formula is C13H19ClN2O2S. The van der Waals surface area contributed by atoms with Crippen molar-refractivity contribution in [2.45, 2.75) is 25.0 Å². The normalized spacial score (nSPS) is 27.1. The number of nitrogens with zero attached hydrogens (tertiary/aromatic N) is 1. The van der Waals surface area contributed by atoms with Crippen LogP contribution in [0.15, 0.2) is 16.8 Å². The average Bonchev–Trinajstić information content (AvgIpc) is 3.09. The Morgan fingerprint density at radius 3 is 3.11 bits per heavy atom. The molecule has 0 aromatic carbocycles. The number of amides is 1. The molecule has 6 heteroatoms. The molecule has 1 aromatic heterocycles. The Kier molecular flexibility index (Phi) is 5.21. The summed E-state index contributed by atoms with van der Waals surface area (Å²) in [7, 11) is 0. The minimum absolute atomic E-state index is 0. The predicted octanol–water partition coefficient (Wildman–Crippen LogP) is 1.82. The highest BCUT2D eigenvalue weighted by atomic mass is 35.5. The van der Waals surface area contributed by atoms with Crippen LogP contribution in [0.4, 0.5) is 0 Å². The highest BCUT2D eigenvalue weighted by molar-refractivity contribution is 7.07. The molecule has 2 aliphatic rings. The number of hydrogen-bond donors (Lipinski definition) is 1. The number of likely N-dealkylation sites (tertiary alicyclic amines) is 1. The molecule has 0 spiro atoms. The first-order chi connectivity index (χ1) is 8.86. The number of carbonyl (C=O) groups excluding carboxylic acids is 1. The molecule has 2 unspecified atom stereocenters. The van der Waals surface area contributed by atoms with E-state index in [0.29, 0.717) is 13.2 Å². The third kappa shape index (κ3) is 3.11. The quantitative estimate of drug-likeness (QED) is 0.906. The van der Waals surface area contributed by atoms with Gasteiger partial charge in [0.2, 0.25) is 0 Å². The maximum atomic E-state index is 12.5. The number of carbonyl (C=O) groups is 1. The van der Waals surface area contributed by atoms with Crippen LogP contribution in [0.3, 0.4) is 0 Å². The maximum Gasteiger partial charge on any atom is 0.253 e. The Labute approximate surface area is 123 Å². The molecule has 2 fully saturated rings. The van der Waals surface area contributed by atoms with Gasteiger partial charge in [-0.3, -0.25) is 4.79 Å². The summed E-state index contributed by atoms with van der Waals surface area (Å²) < 4.78 is 5.57. The summed E-state index contributed by atoms with van der Waals surface area (Å²) >= 11 is 1.69. The Bertz CT molecular complexity index is 407. The zero-order valence-electron chi connectivity index (χ0n) is 10.7. The van der Waals surface area contributed by atoms with Gasteiger partial charge in [-0.25, -0.2) is 0 Å². The molecule has 3 rings (SSSR count). The van der Waals surface area contributed by atoms with Crippen molar-refractivity contribution in [1.29, 1.82) is 0 Å². The summed E-state index contributed by atoms with van der Waals surface area (Å²) in [5.74, 6) is 0.149. The van der Waals surface area contributed by atoms with Crippen molar-refractivity contribution in [2.24, 2.45) is 0 Å². The summed E-state index contributed by atoms with van der Waals surface area (Å²) in [6.07, 6.45) is 1.87. The van der Waals surface area contributed by atoms with Crippen LogP contribution in [0.5, 0.6) is 0 Å². The first-order valence-electron chi connectivity index (χ1n) is 6.51. The van der Waals surface area contributed by atoms with Gasteiger partial charge in [-0.2, -0.15) is 11.3 Å². The number of thiophene rings is 1. The summed E-state index contributed by atoms with van der Waals surface area (Å²) in [5.41, 5.74) is 1.27. The number of nitrogens with one attached hydrogen (secondary N) is 1. The molecule has 2 atom stereocenters. The lowest BCUT2D eigenvalue weighted by Gasteiger charge is -2.30. The van der Waals surface area contributed by atoms with Gasteiger partial charge in [0, 0.05) is 19.6 Å². The van der Waals surface area contributed by atoms with Gasteiger partial charge < -0.3 is 15.0 Å². The summed E-state index contributed by atoms with van der Waals surface area (Å²) in [4.78, 5) is 14.5. The van der Waals surface area contributed by atoms with Gasteiger partial charge in [0.05, 0.1) is 12.6 Å². The van der Waals surface area contributed by atoms with Crippen LogP contribution >= 0.6 is 23.7 Å². The molecule has 2 aliphatic heterocycles. The lowest BCUT2D eigenvalue weighted by molar-refractivity contribution is -0.146. The fourth-order valence-corrected chi connectivity index (χ4v) is 3.46. The van der Waals surface area contributed by atoms with Crippen LogP contribution in [-0.2, 0) is 9.53 Å². The van der Waals surface area contributed by atoms with Crippen LogP contribution in [-0.4, -0.2) is 43.2 Å². The zero-order valence-corrected chi connectivity index (χ0v) is 12.3. The van der Waals surface area contributed by atoms with Gasteiger partial charge in [0.25, 0.3) is 5.91 Å². The molecular weight excluding hydrogens is 284 g/mol. The minimum Gasteiger partial charge on any atom is -0.366 e. The molecule has 19 heavy (non-hydrogen) atoms. The van der Waals surface area contributed by atoms with Crippen molar-refractivity contribution in [3.8, 4) is 0 Å². The van der Waals surface area contributed by atoms with E-state index >= 15 is 0 Å². The second-order valence-electron chi connectivity index (χ2n) is 4.81. The molecule has 0 saturated carbocycles. The van der Waals surface area contributed by atoms with E-state index < -0.39 is 0 Å². The topological polar surface area (TPSA) is 41.6 Å². The SMILES string of the molecule is Cl.O=C(C1CNCCO1)N1CCCC1c1ccsc1. The van der Waals surface area contributed by atoms with Crippen molar-refractivity contribution in [3.63, 3.8) is 0 Å². The zero-order chi connectivity index (χ0) is 12.4. The largest absolute Gasteiger partial charge is 0.366 e. The van der Waals surface area contributed by atoms with Crippen LogP contribution in [0.2, 0.25) is 0 Å². The van der Waals surface area contributed by atoms with Crippen molar-refractivity contribution in [3.05, 3.63) is 22.4 Å². The van der Waals surface area contributed by atoms with E-state index in [1.807, 2.05) is 4.90 Å². The number of halogens is 1. The molecule has 4 nitrogen and oxygen atoms in total. The Morgan fingerprint density at radius 2 is 2.42 bits per heavy atom. The predicted molar refractivity (Wildman–Crippen MR) is 77.9 cm³/mol. The molecule has 3 heterocycles. The summed E-state index contributed by atoms with van der Waals surface area (Å²) in [6.45, 7) is 2.98. The van der Waals surface area contributed by atoms with E-state index in [9.17, 15) is 4.79 Å². The number of morpholine rings is 1. The Morgan fingerprint density at radius 1 is 1.53 bits per heavy atom. The highest BCUT2D eigenvalue weighted by Crippen LogP contribution is 2.33. The van der Waals surface area contributed by atoms with Gasteiger partial charge in [0.15, 0.2) is 0 Å². The van der Waals surface area contributed by atoms with Crippen LogP contribution in [0.25, 0.3) is 0 Å². The minimum atomic E-state index is -0.294. The summed E-state index contributed by atoms with van der Waals surface area (Å²) in [5, 5.41) is 7.45. The van der Waals surface area contributed by atoms with Crippen molar-refractivity contribution in [2.75, 3.05) is 26.2 Å². The monoisotopic (exact) mass is 302 g/mol. The Balaban J connectivity index is 0.00000133. The molecule has 2 saturated heterocycles. The molecule has 1 amide bonds. The number of hydrogen-bond acceptors (Lipinski definition) is 4. The van der Waals surface area contributed by atoms with Gasteiger partial charge in [-0.05, 0) is 35.2 Å². The van der Waals surface area contributed by atoms with E-state index in [1.54, 1.807) is 11.3 Å². The van der Waals surface area contributed by atoms with Gasteiger partial charge in [-0.15, -0.1) is 12.4 Å². The first-order valence-corrected chi connectivity index (χ1v) is 7.45. The van der Waals surface area contributed by atoms with Crippen LogP contribution in [0, 0.1) is 0 Å². The van der Waals surface area contributed by atoms with Crippen LogP contribution in [0.1, 0.15) is 24.4 Å². The molecule has 106 valence electrons. The third-order valence-corrected chi connectivity index (χ3v) is 4.37. The lowest BCUT2D eigenvalue weighted by atomic mass is 10.1. The van der Waals surface area contributed by atoms with E-state index in [-0.39, 0.29) is 30.5 Å². The first kappa shape index (κ1) is 14.8. The van der Waals surface area contributed by atoms with Gasteiger partial charge in [-0.1, -0.05) is 0 Å². The average molecular weight is 303 g/mol. The Hall–Kier alpha value is -0.620. The summed E-state index contributed by atoms with van der Waals surface area (Å²) in [6, 6.07) is 2.38. The standard InChI is InChI=1S/C13H18N2O2S.ClH/c16-13(12-8-14-4-6-17-12)15-5-1-2-11(15)10-3-7-18-9-10;/h3,7,9,11-12,14H,1-2,4-6,8H2;1H. The van der Waals surface area contributed by atoms with E-state index in [2.05, 4.69) is 22.1 Å². The molecule has 1 N–H and O–H groups in total. The fraction of sp³-hybridized carbons (Fsp3) is 0.615. The van der Waals surface area contributed by atoms with Crippen molar-refractivity contribution < 1.29 is 9.53 Å². The number of ether oxygens (including phenoxy) is 1. The van der Waals surface area contributed by atoms with Crippen molar-refractivity contribution in [1.82, 2.24) is 10.2 Å². The van der Waals surface area contributed by atoms with Crippen molar-refractivity contribution >= 4 is 29.7 Å². The lowest BCUT2D eigenvalue weighted by Crippen LogP contribution is -2.49. The highest BCUT2D eigenvalue weighted by Gasteiger charge is 2.35. The smallest absolute Gasteiger partial charge is 0.253 e. The van der Waals surface area contributed by atoms with Crippen LogP contribution < -0.4 is 5.32 Å².